The molecule has 1 aliphatic rings. The van der Waals surface area contributed by atoms with Crippen LogP contribution in [0.1, 0.15) is 19.3 Å². The molecular weight excluding hydrogens is 232 g/mol. The summed E-state index contributed by atoms with van der Waals surface area (Å²) in [6, 6.07) is 5.14. The fraction of sp³-hybridized carbons (Fsp3) is 0.462. The van der Waals surface area contributed by atoms with Gasteiger partial charge in [-0.3, -0.25) is 4.79 Å². The molecule has 0 saturated heterocycles. The number of nitrogen functional groups attached to an aromatic ring is 1. The summed E-state index contributed by atoms with van der Waals surface area (Å²) in [4.78, 5) is 11.6. The van der Waals surface area contributed by atoms with E-state index in [0.717, 1.165) is 12.8 Å². The summed E-state index contributed by atoms with van der Waals surface area (Å²) in [6.45, 7) is 0.0795. The van der Waals surface area contributed by atoms with Gasteiger partial charge in [-0.2, -0.15) is 0 Å². The third-order valence-electron chi connectivity index (χ3n) is 3.04. The topological polar surface area (TPSA) is 73.6 Å². The van der Waals surface area contributed by atoms with E-state index in [1.54, 1.807) is 25.3 Å². The van der Waals surface area contributed by atoms with Crippen LogP contribution in [0.4, 0.5) is 11.4 Å². The minimum absolute atomic E-state index is 0.0795. The standard InChI is InChI=1S/C13H18N2O3/c1-17-10-5-6-12(11(14)7-10)15-13(16)8-18-9-3-2-4-9/h5-7,9H,2-4,8,14H2,1H3,(H,15,16). The Bertz CT molecular complexity index is 430. The molecule has 0 radical (unpaired) electrons. The molecule has 2 rings (SSSR count). The Balaban J connectivity index is 1.85. The van der Waals surface area contributed by atoms with Gasteiger partial charge in [0.2, 0.25) is 5.91 Å². The van der Waals surface area contributed by atoms with E-state index in [-0.39, 0.29) is 18.6 Å². The average molecular weight is 250 g/mol. The highest BCUT2D eigenvalue weighted by Gasteiger charge is 2.19. The number of methoxy groups -OCH3 is 1. The number of benzene rings is 1. The van der Waals surface area contributed by atoms with Crippen LogP contribution < -0.4 is 15.8 Å². The van der Waals surface area contributed by atoms with Gasteiger partial charge in [0.1, 0.15) is 12.4 Å². The first-order valence-electron chi connectivity index (χ1n) is 6.04. The lowest BCUT2D eigenvalue weighted by Gasteiger charge is -2.25. The highest BCUT2D eigenvalue weighted by atomic mass is 16.5. The van der Waals surface area contributed by atoms with Crippen molar-refractivity contribution < 1.29 is 14.3 Å². The molecule has 0 bridgehead atoms. The van der Waals surface area contributed by atoms with Crippen LogP contribution in [-0.4, -0.2) is 25.7 Å². The highest BCUT2D eigenvalue weighted by molar-refractivity contribution is 5.94. The molecule has 0 heterocycles. The first kappa shape index (κ1) is 12.7. The van der Waals surface area contributed by atoms with Gasteiger partial charge in [0, 0.05) is 6.07 Å². The van der Waals surface area contributed by atoms with Crippen LogP contribution in [0.15, 0.2) is 18.2 Å². The molecule has 5 nitrogen and oxygen atoms in total. The number of ether oxygens (including phenoxy) is 2. The first-order valence-corrected chi connectivity index (χ1v) is 6.04. The number of amides is 1. The predicted octanol–water partition coefficient (Wildman–Crippen LogP) is 1.78. The minimum Gasteiger partial charge on any atom is -0.497 e. The quantitative estimate of drug-likeness (QED) is 0.781. The van der Waals surface area contributed by atoms with Crippen LogP contribution in [0.5, 0.6) is 5.75 Å². The molecule has 1 aromatic carbocycles. The summed E-state index contributed by atoms with van der Waals surface area (Å²) < 4.78 is 10.5. The molecule has 1 saturated carbocycles. The van der Waals surface area contributed by atoms with Crippen molar-refractivity contribution >= 4 is 17.3 Å². The number of rotatable bonds is 5. The average Bonchev–Trinajstić information content (AvgIpc) is 2.29. The smallest absolute Gasteiger partial charge is 0.250 e. The fourth-order valence-corrected chi connectivity index (χ4v) is 1.70. The van der Waals surface area contributed by atoms with Crippen molar-refractivity contribution in [1.29, 1.82) is 0 Å². The van der Waals surface area contributed by atoms with E-state index in [1.807, 2.05) is 0 Å². The van der Waals surface area contributed by atoms with Crippen molar-refractivity contribution in [3.05, 3.63) is 18.2 Å². The molecule has 5 heteroatoms. The van der Waals surface area contributed by atoms with Crippen molar-refractivity contribution in [2.75, 3.05) is 24.8 Å². The van der Waals surface area contributed by atoms with Crippen molar-refractivity contribution in [3.8, 4) is 5.75 Å². The maximum Gasteiger partial charge on any atom is 0.250 e. The van der Waals surface area contributed by atoms with Crippen molar-refractivity contribution in [3.63, 3.8) is 0 Å². The van der Waals surface area contributed by atoms with Crippen molar-refractivity contribution in [1.82, 2.24) is 0 Å². The molecule has 0 atom stereocenters. The summed E-state index contributed by atoms with van der Waals surface area (Å²) in [5.74, 6) is 0.481. The molecule has 1 amide bonds. The molecule has 98 valence electrons. The lowest BCUT2D eigenvalue weighted by molar-refractivity contribution is -0.124. The van der Waals surface area contributed by atoms with Crippen LogP contribution in [0.2, 0.25) is 0 Å². The van der Waals surface area contributed by atoms with E-state index in [1.165, 1.54) is 6.42 Å². The Labute approximate surface area is 106 Å². The van der Waals surface area contributed by atoms with Gasteiger partial charge in [0.25, 0.3) is 0 Å². The zero-order chi connectivity index (χ0) is 13.0. The van der Waals surface area contributed by atoms with E-state index in [4.69, 9.17) is 15.2 Å². The largest absolute Gasteiger partial charge is 0.497 e. The van der Waals surface area contributed by atoms with E-state index in [2.05, 4.69) is 5.32 Å². The Kier molecular flexibility index (Phi) is 4.04. The summed E-state index contributed by atoms with van der Waals surface area (Å²) in [5, 5.41) is 2.72. The molecule has 0 aliphatic heterocycles. The van der Waals surface area contributed by atoms with Gasteiger partial charge in [0.05, 0.1) is 24.6 Å². The number of hydrogen-bond donors (Lipinski definition) is 2. The van der Waals surface area contributed by atoms with E-state index < -0.39 is 0 Å². The molecular formula is C13H18N2O3. The molecule has 1 fully saturated rings. The third-order valence-corrected chi connectivity index (χ3v) is 3.04. The van der Waals surface area contributed by atoms with Gasteiger partial charge in [-0.1, -0.05) is 0 Å². The van der Waals surface area contributed by atoms with E-state index >= 15 is 0 Å². The second-order valence-corrected chi connectivity index (χ2v) is 4.37. The SMILES string of the molecule is COc1ccc(NC(=O)COC2CCC2)c(N)c1. The Morgan fingerprint density at radius 1 is 1.50 bits per heavy atom. The molecule has 18 heavy (non-hydrogen) atoms. The summed E-state index contributed by atoms with van der Waals surface area (Å²) in [7, 11) is 1.57. The summed E-state index contributed by atoms with van der Waals surface area (Å²) in [6.07, 6.45) is 3.55. The van der Waals surface area contributed by atoms with Gasteiger partial charge < -0.3 is 20.5 Å². The van der Waals surface area contributed by atoms with Crippen LogP contribution in [0, 0.1) is 0 Å². The number of carbonyl (C=O) groups excluding carboxylic acids is 1. The highest BCUT2D eigenvalue weighted by Crippen LogP contribution is 2.24. The second kappa shape index (κ2) is 5.73. The van der Waals surface area contributed by atoms with E-state index in [9.17, 15) is 4.79 Å². The van der Waals surface area contributed by atoms with Crippen LogP contribution in [-0.2, 0) is 9.53 Å². The fourth-order valence-electron chi connectivity index (χ4n) is 1.70. The first-order chi connectivity index (χ1) is 8.69. The number of nitrogens with one attached hydrogen (secondary N) is 1. The van der Waals surface area contributed by atoms with Crippen LogP contribution in [0.3, 0.4) is 0 Å². The number of carbonyl (C=O) groups is 1. The van der Waals surface area contributed by atoms with E-state index in [0.29, 0.717) is 17.1 Å². The zero-order valence-electron chi connectivity index (χ0n) is 10.4. The lowest BCUT2D eigenvalue weighted by atomic mass is 9.96. The van der Waals surface area contributed by atoms with Gasteiger partial charge >= 0.3 is 0 Å². The third kappa shape index (κ3) is 3.13. The predicted molar refractivity (Wildman–Crippen MR) is 69.6 cm³/mol. The van der Waals surface area contributed by atoms with Gasteiger partial charge in [-0.05, 0) is 31.4 Å². The van der Waals surface area contributed by atoms with Gasteiger partial charge in [-0.25, -0.2) is 0 Å². The Hall–Kier alpha value is -1.75. The molecule has 0 spiro atoms. The zero-order valence-corrected chi connectivity index (χ0v) is 10.4. The maximum atomic E-state index is 11.6. The number of nitrogens with two attached hydrogens (primary N) is 1. The molecule has 0 aromatic heterocycles. The molecule has 1 aromatic rings. The Morgan fingerprint density at radius 3 is 2.83 bits per heavy atom. The molecule has 1 aliphatic carbocycles. The Morgan fingerprint density at radius 2 is 2.28 bits per heavy atom. The van der Waals surface area contributed by atoms with Gasteiger partial charge in [0.15, 0.2) is 0 Å². The monoisotopic (exact) mass is 250 g/mol. The normalized spacial score (nSPS) is 14.9. The maximum absolute atomic E-state index is 11.6. The summed E-state index contributed by atoms with van der Waals surface area (Å²) >= 11 is 0. The summed E-state index contributed by atoms with van der Waals surface area (Å²) in [5.41, 5.74) is 6.86. The van der Waals surface area contributed by atoms with Crippen LogP contribution >= 0.6 is 0 Å². The van der Waals surface area contributed by atoms with Crippen molar-refractivity contribution in [2.24, 2.45) is 0 Å². The van der Waals surface area contributed by atoms with Gasteiger partial charge in [-0.15, -0.1) is 0 Å². The lowest BCUT2D eigenvalue weighted by Crippen LogP contribution is -2.27. The van der Waals surface area contributed by atoms with Crippen LogP contribution in [0.25, 0.3) is 0 Å². The molecule has 0 unspecified atom stereocenters. The minimum atomic E-state index is -0.182. The number of anilines is 2. The second-order valence-electron chi connectivity index (χ2n) is 4.37. The number of hydrogen-bond acceptors (Lipinski definition) is 4. The molecule has 3 N–H and O–H groups in total. The van der Waals surface area contributed by atoms with Crippen molar-refractivity contribution in [2.45, 2.75) is 25.4 Å².